The molecule has 0 unspecified atom stereocenters. The second-order valence-electron chi connectivity index (χ2n) is 6.15. The Morgan fingerprint density at radius 2 is 1.79 bits per heavy atom. The van der Waals surface area contributed by atoms with Gasteiger partial charge in [0, 0.05) is 0 Å². The van der Waals surface area contributed by atoms with Crippen LogP contribution in [0.15, 0.2) is 40.8 Å². The first-order valence-corrected chi connectivity index (χ1v) is 8.86. The molecule has 0 aliphatic carbocycles. The van der Waals surface area contributed by atoms with Gasteiger partial charge in [-0.1, -0.05) is 23.7 Å². The summed E-state index contributed by atoms with van der Waals surface area (Å²) in [5.74, 6) is -0.521. The Labute approximate surface area is 170 Å². The molecule has 0 aliphatic heterocycles. The van der Waals surface area contributed by atoms with Crippen LogP contribution in [0.5, 0.6) is 5.75 Å². The zero-order valence-corrected chi connectivity index (χ0v) is 16.5. The number of halogens is 1. The minimum atomic E-state index is -0.654. The van der Waals surface area contributed by atoms with E-state index in [-0.39, 0.29) is 39.8 Å². The quantitative estimate of drug-likeness (QED) is 0.326. The van der Waals surface area contributed by atoms with Crippen LogP contribution >= 0.6 is 11.6 Å². The van der Waals surface area contributed by atoms with Crippen molar-refractivity contribution < 1.29 is 23.6 Å². The lowest BCUT2D eigenvalue weighted by atomic mass is 10.1. The van der Waals surface area contributed by atoms with Gasteiger partial charge >= 0.3 is 11.7 Å². The van der Waals surface area contributed by atoms with E-state index < -0.39 is 16.6 Å². The molecule has 0 aliphatic rings. The summed E-state index contributed by atoms with van der Waals surface area (Å²) in [4.78, 5) is 23.0. The molecule has 0 fully saturated rings. The van der Waals surface area contributed by atoms with E-state index in [4.69, 9.17) is 25.5 Å². The number of nitrogens with zero attached hydrogens (tertiary/aromatic N) is 3. The van der Waals surface area contributed by atoms with Crippen molar-refractivity contribution in [2.75, 3.05) is 7.11 Å². The number of benzene rings is 2. The van der Waals surface area contributed by atoms with Crippen LogP contribution in [0.2, 0.25) is 5.02 Å². The molecule has 1 aromatic heterocycles. The topological polar surface area (TPSA) is 118 Å². The first-order valence-electron chi connectivity index (χ1n) is 8.48. The fourth-order valence-electron chi connectivity index (χ4n) is 2.61. The van der Waals surface area contributed by atoms with E-state index in [1.54, 1.807) is 38.1 Å². The van der Waals surface area contributed by atoms with Crippen LogP contribution in [0.3, 0.4) is 0 Å². The number of rotatable bonds is 6. The summed E-state index contributed by atoms with van der Waals surface area (Å²) in [6, 6.07) is 9.46. The smallest absolute Gasteiger partial charge is 0.339 e. The molecule has 2 aromatic carbocycles. The third kappa shape index (κ3) is 4.04. The van der Waals surface area contributed by atoms with Crippen LogP contribution < -0.4 is 4.74 Å². The highest BCUT2D eigenvalue weighted by Crippen LogP contribution is 2.41. The molecule has 29 heavy (non-hydrogen) atoms. The molecule has 3 aromatic rings. The average molecular weight is 418 g/mol. The molecule has 150 valence electrons. The second-order valence-corrected chi connectivity index (χ2v) is 6.53. The van der Waals surface area contributed by atoms with Crippen LogP contribution in [-0.4, -0.2) is 34.3 Å². The zero-order valence-electron chi connectivity index (χ0n) is 15.7. The van der Waals surface area contributed by atoms with Gasteiger partial charge in [-0.25, -0.2) is 4.79 Å². The summed E-state index contributed by atoms with van der Waals surface area (Å²) >= 11 is 6.19. The van der Waals surface area contributed by atoms with E-state index >= 15 is 0 Å². The highest BCUT2D eigenvalue weighted by atomic mass is 35.5. The number of aromatic nitrogens is 2. The largest absolute Gasteiger partial charge is 0.490 e. The molecular weight excluding hydrogens is 402 g/mol. The Morgan fingerprint density at radius 1 is 1.14 bits per heavy atom. The van der Waals surface area contributed by atoms with Gasteiger partial charge in [-0.05, 0) is 38.1 Å². The molecule has 3 rings (SSSR count). The standard InChI is InChI=1S/C19H16ClN3O6/c1-10(2)28-19(24)12-7-5-4-6-11(12)17-21-22-18(29-17)13-8-9-14(27-3)16(15(13)20)23(25)26/h4-10H,1-3H3. The van der Waals surface area contributed by atoms with Crippen molar-refractivity contribution >= 4 is 23.3 Å². The molecule has 9 nitrogen and oxygen atoms in total. The van der Waals surface area contributed by atoms with Crippen LogP contribution in [0, 0.1) is 10.1 Å². The second kappa shape index (κ2) is 8.27. The fourth-order valence-corrected chi connectivity index (χ4v) is 2.92. The summed E-state index contributed by atoms with van der Waals surface area (Å²) in [6.45, 7) is 3.48. The van der Waals surface area contributed by atoms with E-state index in [1.807, 2.05) is 0 Å². The van der Waals surface area contributed by atoms with Crippen molar-refractivity contribution in [3.8, 4) is 28.7 Å². The van der Waals surface area contributed by atoms with E-state index in [0.29, 0.717) is 5.56 Å². The molecule has 0 radical (unpaired) electrons. The molecule has 0 saturated carbocycles. The SMILES string of the molecule is COc1ccc(-c2nnc(-c3ccccc3C(=O)OC(C)C)o2)c(Cl)c1[N+](=O)[O-]. The Hall–Kier alpha value is -3.46. The van der Waals surface area contributed by atoms with Gasteiger partial charge < -0.3 is 13.9 Å². The Balaban J connectivity index is 2.05. The number of esters is 1. The Bertz CT molecular complexity index is 1080. The Kier molecular flexibility index (Phi) is 5.79. The average Bonchev–Trinajstić information content (AvgIpc) is 3.16. The van der Waals surface area contributed by atoms with Crippen LogP contribution in [-0.2, 0) is 4.74 Å². The third-order valence-corrected chi connectivity index (χ3v) is 4.24. The molecule has 0 amide bonds. The molecule has 0 atom stereocenters. The van der Waals surface area contributed by atoms with E-state index in [9.17, 15) is 14.9 Å². The summed E-state index contributed by atoms with van der Waals surface area (Å²) in [5.41, 5.74) is 0.381. The predicted molar refractivity (Wildman–Crippen MR) is 104 cm³/mol. The van der Waals surface area contributed by atoms with Gasteiger partial charge in [0.2, 0.25) is 11.8 Å². The van der Waals surface area contributed by atoms with Crippen LogP contribution in [0.1, 0.15) is 24.2 Å². The first-order chi connectivity index (χ1) is 13.8. The molecular formula is C19H16ClN3O6. The Morgan fingerprint density at radius 3 is 2.41 bits per heavy atom. The van der Waals surface area contributed by atoms with Gasteiger partial charge in [0.15, 0.2) is 5.75 Å². The maximum atomic E-state index is 12.3. The number of hydrogen-bond donors (Lipinski definition) is 0. The van der Waals surface area contributed by atoms with Gasteiger partial charge in [-0.2, -0.15) is 0 Å². The normalized spacial score (nSPS) is 10.8. The molecule has 0 N–H and O–H groups in total. The van der Waals surface area contributed by atoms with Gasteiger partial charge in [-0.15, -0.1) is 10.2 Å². The molecule has 1 heterocycles. The van der Waals surface area contributed by atoms with Crippen LogP contribution in [0.25, 0.3) is 22.9 Å². The van der Waals surface area contributed by atoms with Gasteiger partial charge in [0.25, 0.3) is 0 Å². The predicted octanol–water partition coefficient (Wildman–Crippen LogP) is 4.54. The maximum Gasteiger partial charge on any atom is 0.339 e. The van der Waals surface area contributed by atoms with E-state index in [0.717, 1.165) is 0 Å². The summed E-state index contributed by atoms with van der Waals surface area (Å²) < 4.78 is 15.9. The first kappa shape index (κ1) is 20.3. The minimum absolute atomic E-state index is 0.00488. The van der Waals surface area contributed by atoms with Crippen molar-refractivity contribution in [3.63, 3.8) is 0 Å². The minimum Gasteiger partial charge on any atom is -0.490 e. The number of carbonyl (C=O) groups excluding carboxylic acids is 1. The zero-order chi connectivity index (χ0) is 21.1. The van der Waals surface area contributed by atoms with Crippen molar-refractivity contribution in [1.29, 1.82) is 0 Å². The summed E-state index contributed by atoms with van der Waals surface area (Å²) in [7, 11) is 1.30. The third-order valence-electron chi connectivity index (χ3n) is 3.86. The van der Waals surface area contributed by atoms with Crippen molar-refractivity contribution in [2.24, 2.45) is 0 Å². The summed E-state index contributed by atoms with van der Waals surface area (Å²) in [6.07, 6.45) is -0.299. The molecule has 0 saturated heterocycles. The van der Waals surface area contributed by atoms with Crippen molar-refractivity contribution in [1.82, 2.24) is 10.2 Å². The van der Waals surface area contributed by atoms with E-state index in [1.165, 1.54) is 19.2 Å². The van der Waals surface area contributed by atoms with Gasteiger partial charge in [-0.3, -0.25) is 10.1 Å². The highest BCUT2D eigenvalue weighted by molar-refractivity contribution is 6.35. The number of nitro groups is 1. The van der Waals surface area contributed by atoms with Crippen molar-refractivity contribution in [3.05, 3.63) is 57.1 Å². The number of nitro benzene ring substituents is 1. The maximum absolute atomic E-state index is 12.3. The lowest BCUT2D eigenvalue weighted by molar-refractivity contribution is -0.385. The lowest BCUT2D eigenvalue weighted by Gasteiger charge is -2.09. The summed E-state index contributed by atoms with van der Waals surface area (Å²) in [5, 5.41) is 19.0. The van der Waals surface area contributed by atoms with Crippen molar-refractivity contribution in [2.45, 2.75) is 20.0 Å². The molecule has 10 heteroatoms. The lowest BCUT2D eigenvalue weighted by Crippen LogP contribution is -2.12. The van der Waals surface area contributed by atoms with E-state index in [2.05, 4.69) is 10.2 Å². The number of hydrogen-bond acceptors (Lipinski definition) is 8. The number of ether oxygens (including phenoxy) is 2. The van der Waals surface area contributed by atoms with Gasteiger partial charge in [0.1, 0.15) is 5.02 Å². The fraction of sp³-hybridized carbons (Fsp3) is 0.211. The highest BCUT2D eigenvalue weighted by Gasteiger charge is 2.27. The molecule has 0 bridgehead atoms. The number of carbonyl (C=O) groups is 1. The molecule has 0 spiro atoms. The van der Waals surface area contributed by atoms with Gasteiger partial charge in [0.05, 0.1) is 34.8 Å². The number of methoxy groups -OCH3 is 1. The monoisotopic (exact) mass is 417 g/mol. The van der Waals surface area contributed by atoms with Crippen LogP contribution in [0.4, 0.5) is 5.69 Å².